The molecule has 0 spiro atoms. The van der Waals surface area contributed by atoms with Crippen LogP contribution in [0.2, 0.25) is 0 Å². The monoisotopic (exact) mass is 276 g/mol. The molecule has 1 atom stereocenters. The second-order valence-corrected chi connectivity index (χ2v) is 5.14. The van der Waals surface area contributed by atoms with Gasteiger partial charge in [0, 0.05) is 30.4 Å². The third-order valence-electron chi connectivity index (χ3n) is 4.13. The number of likely N-dealkylation sites (N-methyl/N-ethyl adjacent to an activating group) is 1. The molecule has 1 aromatic rings. The zero-order valence-corrected chi connectivity index (χ0v) is 12.3. The molecule has 1 aliphatic rings. The van der Waals surface area contributed by atoms with Gasteiger partial charge in [0.1, 0.15) is 0 Å². The molecule has 110 valence electrons. The summed E-state index contributed by atoms with van der Waals surface area (Å²) >= 11 is 0. The summed E-state index contributed by atoms with van der Waals surface area (Å²) in [5.74, 6) is 0.152. The normalized spacial score (nSPS) is 19.9. The summed E-state index contributed by atoms with van der Waals surface area (Å²) in [7, 11) is 0. The maximum atomic E-state index is 8.67. The van der Waals surface area contributed by atoms with Crippen molar-refractivity contribution in [3.05, 3.63) is 29.8 Å². The lowest BCUT2D eigenvalue weighted by molar-refractivity contribution is 0.232. The van der Waals surface area contributed by atoms with Gasteiger partial charge < -0.3 is 15.8 Å². The minimum Gasteiger partial charge on any atom is -0.409 e. The fourth-order valence-corrected chi connectivity index (χ4v) is 2.92. The Morgan fingerprint density at radius 3 is 2.55 bits per heavy atom. The first-order chi connectivity index (χ1) is 9.69. The van der Waals surface area contributed by atoms with Crippen LogP contribution >= 0.6 is 0 Å². The molecule has 1 fully saturated rings. The average Bonchev–Trinajstić information content (AvgIpc) is 2.97. The van der Waals surface area contributed by atoms with E-state index in [1.54, 1.807) is 0 Å². The molecule has 0 amide bonds. The highest BCUT2D eigenvalue weighted by Gasteiger charge is 2.26. The molecule has 5 heteroatoms. The maximum absolute atomic E-state index is 8.67. The highest BCUT2D eigenvalue weighted by Crippen LogP contribution is 2.23. The lowest BCUT2D eigenvalue weighted by Gasteiger charge is -2.26. The van der Waals surface area contributed by atoms with Crippen LogP contribution in [-0.4, -0.2) is 48.2 Å². The van der Waals surface area contributed by atoms with Crippen molar-refractivity contribution in [1.82, 2.24) is 4.90 Å². The Hall–Kier alpha value is -1.75. The molecule has 1 aliphatic heterocycles. The van der Waals surface area contributed by atoms with Gasteiger partial charge in [-0.15, -0.1) is 0 Å². The largest absolute Gasteiger partial charge is 0.409 e. The van der Waals surface area contributed by atoms with Crippen LogP contribution in [-0.2, 0) is 0 Å². The predicted molar refractivity (Wildman–Crippen MR) is 82.5 cm³/mol. The molecule has 0 aromatic heterocycles. The van der Waals surface area contributed by atoms with Gasteiger partial charge in [0.2, 0.25) is 0 Å². The van der Waals surface area contributed by atoms with Crippen molar-refractivity contribution in [2.45, 2.75) is 26.3 Å². The maximum Gasteiger partial charge on any atom is 0.170 e. The lowest BCUT2D eigenvalue weighted by atomic mass is 10.2. The molecule has 0 saturated carbocycles. The molecule has 0 bridgehead atoms. The van der Waals surface area contributed by atoms with Crippen molar-refractivity contribution in [3.8, 4) is 0 Å². The van der Waals surface area contributed by atoms with E-state index in [2.05, 4.69) is 28.8 Å². The number of nitrogens with zero attached hydrogens (tertiary/aromatic N) is 3. The van der Waals surface area contributed by atoms with Crippen LogP contribution in [0.3, 0.4) is 0 Å². The summed E-state index contributed by atoms with van der Waals surface area (Å²) in [5, 5.41) is 11.7. The van der Waals surface area contributed by atoms with Crippen LogP contribution in [0.15, 0.2) is 29.4 Å². The number of benzene rings is 1. The van der Waals surface area contributed by atoms with E-state index >= 15 is 0 Å². The summed E-state index contributed by atoms with van der Waals surface area (Å²) < 4.78 is 0. The molecule has 3 N–H and O–H groups in total. The number of amidine groups is 1. The van der Waals surface area contributed by atoms with Crippen molar-refractivity contribution in [2.75, 3.05) is 31.1 Å². The molecular formula is C15H24N4O. The molecule has 1 unspecified atom stereocenters. The molecular weight excluding hydrogens is 252 g/mol. The summed E-state index contributed by atoms with van der Waals surface area (Å²) in [4.78, 5) is 4.92. The minimum atomic E-state index is 0.152. The van der Waals surface area contributed by atoms with E-state index in [-0.39, 0.29) is 5.84 Å². The number of nitrogens with two attached hydrogens (primary N) is 1. The quantitative estimate of drug-likeness (QED) is 0.372. The lowest BCUT2D eigenvalue weighted by Crippen LogP contribution is -2.37. The fourth-order valence-electron chi connectivity index (χ4n) is 2.92. The fraction of sp³-hybridized carbons (Fsp3) is 0.533. The number of hydrogen-bond acceptors (Lipinski definition) is 4. The minimum absolute atomic E-state index is 0.152. The van der Waals surface area contributed by atoms with E-state index in [1.165, 1.54) is 12.1 Å². The predicted octanol–water partition coefficient (Wildman–Crippen LogP) is 1.70. The first-order valence-corrected chi connectivity index (χ1v) is 7.26. The van der Waals surface area contributed by atoms with Gasteiger partial charge in [0.25, 0.3) is 0 Å². The summed E-state index contributed by atoms with van der Waals surface area (Å²) in [6.45, 7) is 8.82. The third kappa shape index (κ3) is 3.04. The van der Waals surface area contributed by atoms with Crippen LogP contribution in [0.25, 0.3) is 0 Å². The van der Waals surface area contributed by atoms with Gasteiger partial charge in [-0.3, -0.25) is 4.90 Å². The topological polar surface area (TPSA) is 65.1 Å². The van der Waals surface area contributed by atoms with Crippen LogP contribution in [0.5, 0.6) is 0 Å². The zero-order valence-electron chi connectivity index (χ0n) is 12.3. The van der Waals surface area contributed by atoms with Crippen molar-refractivity contribution < 1.29 is 5.21 Å². The van der Waals surface area contributed by atoms with Gasteiger partial charge in [0.15, 0.2) is 5.84 Å². The van der Waals surface area contributed by atoms with Gasteiger partial charge in [0.05, 0.1) is 0 Å². The second-order valence-electron chi connectivity index (χ2n) is 5.14. The van der Waals surface area contributed by atoms with Crippen LogP contribution in [0.4, 0.5) is 5.69 Å². The first kappa shape index (κ1) is 14.7. The second kappa shape index (κ2) is 6.61. The van der Waals surface area contributed by atoms with Gasteiger partial charge in [-0.25, -0.2) is 0 Å². The number of rotatable bonds is 5. The van der Waals surface area contributed by atoms with Crippen molar-refractivity contribution >= 4 is 11.5 Å². The van der Waals surface area contributed by atoms with E-state index in [4.69, 9.17) is 10.9 Å². The SMILES string of the molecule is CCN(CC)C1CCN(c2ccc(C(N)=NO)cc2)C1. The number of anilines is 1. The number of oxime groups is 1. The molecule has 5 nitrogen and oxygen atoms in total. The molecule has 2 rings (SSSR count). The first-order valence-electron chi connectivity index (χ1n) is 7.26. The standard InChI is InChI=1S/C15H24N4O/c1-3-18(4-2)14-9-10-19(11-14)13-7-5-12(6-8-13)15(16)17-20/h5-8,14,20H,3-4,9-11H2,1-2H3,(H2,16,17). The van der Waals surface area contributed by atoms with Gasteiger partial charge >= 0.3 is 0 Å². The highest BCUT2D eigenvalue weighted by molar-refractivity contribution is 5.97. The smallest absolute Gasteiger partial charge is 0.170 e. The van der Waals surface area contributed by atoms with Crippen LogP contribution in [0, 0.1) is 0 Å². The zero-order chi connectivity index (χ0) is 14.5. The van der Waals surface area contributed by atoms with Crippen LogP contribution in [0.1, 0.15) is 25.8 Å². The Kier molecular flexibility index (Phi) is 4.84. The summed E-state index contributed by atoms with van der Waals surface area (Å²) in [6.07, 6.45) is 1.21. The van der Waals surface area contributed by atoms with E-state index in [0.29, 0.717) is 6.04 Å². The molecule has 0 radical (unpaired) electrons. The van der Waals surface area contributed by atoms with E-state index in [9.17, 15) is 0 Å². The van der Waals surface area contributed by atoms with Crippen molar-refractivity contribution in [1.29, 1.82) is 0 Å². The van der Waals surface area contributed by atoms with E-state index < -0.39 is 0 Å². The third-order valence-corrected chi connectivity index (χ3v) is 4.13. The van der Waals surface area contributed by atoms with Gasteiger partial charge in [-0.05, 0) is 43.8 Å². The van der Waals surface area contributed by atoms with Gasteiger partial charge in [-0.2, -0.15) is 0 Å². The molecule has 1 aromatic carbocycles. The Labute approximate surface area is 120 Å². The van der Waals surface area contributed by atoms with Gasteiger partial charge in [-0.1, -0.05) is 19.0 Å². The molecule has 1 saturated heterocycles. The van der Waals surface area contributed by atoms with Crippen LogP contribution < -0.4 is 10.6 Å². The number of hydrogen-bond donors (Lipinski definition) is 2. The van der Waals surface area contributed by atoms with E-state index in [0.717, 1.165) is 31.7 Å². The Morgan fingerprint density at radius 1 is 1.35 bits per heavy atom. The molecule has 20 heavy (non-hydrogen) atoms. The molecule has 1 heterocycles. The van der Waals surface area contributed by atoms with Crippen molar-refractivity contribution in [2.24, 2.45) is 10.9 Å². The Bertz CT molecular complexity index is 453. The summed E-state index contributed by atoms with van der Waals surface area (Å²) in [5.41, 5.74) is 7.52. The van der Waals surface area contributed by atoms with E-state index in [1.807, 2.05) is 24.3 Å². The molecule has 0 aliphatic carbocycles. The summed E-state index contributed by atoms with van der Waals surface area (Å²) in [6, 6.07) is 8.52. The highest BCUT2D eigenvalue weighted by atomic mass is 16.4. The van der Waals surface area contributed by atoms with Crippen molar-refractivity contribution in [3.63, 3.8) is 0 Å². The Morgan fingerprint density at radius 2 is 2.00 bits per heavy atom. The Balaban J connectivity index is 2.03. The average molecular weight is 276 g/mol.